The number of hydrogen-bond acceptors (Lipinski definition) is 6. The lowest BCUT2D eigenvalue weighted by Gasteiger charge is -2.05. The number of hydrogen-bond donors (Lipinski definition) is 1. The normalized spacial score (nSPS) is 10.5. The topological polar surface area (TPSA) is 68.7 Å². The zero-order valence-corrected chi connectivity index (χ0v) is 14.8. The number of benzene rings is 2. The van der Waals surface area contributed by atoms with Crippen molar-refractivity contribution in [1.29, 1.82) is 0 Å². The number of nitrogens with zero attached hydrogens (tertiary/aromatic N) is 1. The molecule has 1 N–H and O–H groups in total. The number of carbonyl (C=O) groups excluding carboxylic acids is 1. The SMILES string of the molecule is COc1ccc(-c2nc(COC(=O)c3cc(Cl)ccc3O)cs2)cc1. The number of ether oxygens (including phenoxy) is 2. The Morgan fingerprint density at radius 1 is 1.24 bits per heavy atom. The fraction of sp³-hybridized carbons (Fsp3) is 0.111. The van der Waals surface area contributed by atoms with Crippen molar-refractivity contribution in [2.45, 2.75) is 6.61 Å². The minimum atomic E-state index is -0.654. The monoisotopic (exact) mass is 375 g/mol. The molecule has 0 atom stereocenters. The van der Waals surface area contributed by atoms with Crippen LogP contribution in [-0.4, -0.2) is 23.2 Å². The second-order valence-electron chi connectivity index (χ2n) is 5.11. The van der Waals surface area contributed by atoms with Crippen LogP contribution in [0.25, 0.3) is 10.6 Å². The molecule has 25 heavy (non-hydrogen) atoms. The summed E-state index contributed by atoms with van der Waals surface area (Å²) in [6.07, 6.45) is 0. The Labute approximate surface area is 153 Å². The van der Waals surface area contributed by atoms with Gasteiger partial charge in [0.2, 0.25) is 0 Å². The zero-order valence-electron chi connectivity index (χ0n) is 13.2. The van der Waals surface area contributed by atoms with E-state index in [1.54, 1.807) is 7.11 Å². The average molecular weight is 376 g/mol. The Kier molecular flexibility index (Phi) is 5.21. The molecule has 128 valence electrons. The number of aromatic nitrogens is 1. The third kappa shape index (κ3) is 4.10. The van der Waals surface area contributed by atoms with Gasteiger partial charge in [-0.15, -0.1) is 11.3 Å². The molecule has 0 bridgehead atoms. The predicted octanol–water partition coefficient (Wildman–Crippen LogP) is 4.53. The molecule has 1 heterocycles. The van der Waals surface area contributed by atoms with Crippen molar-refractivity contribution in [2.75, 3.05) is 7.11 Å². The van der Waals surface area contributed by atoms with Crippen LogP contribution in [0.1, 0.15) is 16.1 Å². The Morgan fingerprint density at radius 3 is 2.72 bits per heavy atom. The smallest absolute Gasteiger partial charge is 0.342 e. The summed E-state index contributed by atoms with van der Waals surface area (Å²) in [5.41, 5.74) is 1.61. The van der Waals surface area contributed by atoms with E-state index in [2.05, 4.69) is 4.98 Å². The first-order chi connectivity index (χ1) is 12.1. The third-order valence-corrected chi connectivity index (χ3v) is 4.59. The average Bonchev–Trinajstić information content (AvgIpc) is 3.11. The lowest BCUT2D eigenvalue weighted by atomic mass is 10.2. The van der Waals surface area contributed by atoms with E-state index >= 15 is 0 Å². The summed E-state index contributed by atoms with van der Waals surface area (Å²) in [5.74, 6) is -0.0543. The van der Waals surface area contributed by atoms with Gasteiger partial charge in [0.1, 0.15) is 28.7 Å². The number of carbonyl (C=O) groups is 1. The molecular weight excluding hydrogens is 362 g/mol. The lowest BCUT2D eigenvalue weighted by molar-refractivity contribution is 0.0465. The van der Waals surface area contributed by atoms with E-state index in [-0.39, 0.29) is 17.9 Å². The van der Waals surface area contributed by atoms with Crippen LogP contribution in [0, 0.1) is 0 Å². The summed E-state index contributed by atoms with van der Waals surface area (Å²) >= 11 is 7.29. The van der Waals surface area contributed by atoms with E-state index in [4.69, 9.17) is 21.1 Å². The molecule has 0 spiro atoms. The van der Waals surface area contributed by atoms with Crippen LogP contribution in [0.4, 0.5) is 0 Å². The first kappa shape index (κ1) is 17.3. The Morgan fingerprint density at radius 2 is 2.00 bits per heavy atom. The van der Waals surface area contributed by atoms with Crippen LogP contribution in [0.15, 0.2) is 47.8 Å². The standard InChI is InChI=1S/C18H14ClNO4S/c1-23-14-5-2-11(3-6-14)17-20-13(10-25-17)9-24-18(22)15-8-12(19)4-7-16(15)21/h2-8,10,21H,9H2,1H3. The molecule has 0 fully saturated rings. The van der Waals surface area contributed by atoms with Crippen molar-refractivity contribution in [2.24, 2.45) is 0 Å². The third-order valence-electron chi connectivity index (χ3n) is 3.42. The van der Waals surface area contributed by atoms with Crippen molar-refractivity contribution in [3.8, 4) is 22.1 Å². The van der Waals surface area contributed by atoms with Crippen LogP contribution in [0.5, 0.6) is 11.5 Å². The fourth-order valence-electron chi connectivity index (χ4n) is 2.13. The number of phenolic OH excluding ortho intramolecular Hbond substituents is 1. The molecule has 0 aliphatic rings. The number of thiazole rings is 1. The van der Waals surface area contributed by atoms with Gasteiger partial charge >= 0.3 is 5.97 Å². The van der Waals surface area contributed by atoms with Crippen molar-refractivity contribution < 1.29 is 19.4 Å². The lowest BCUT2D eigenvalue weighted by Crippen LogP contribution is -2.05. The molecule has 7 heteroatoms. The first-order valence-electron chi connectivity index (χ1n) is 7.31. The fourth-order valence-corrected chi connectivity index (χ4v) is 3.11. The number of aromatic hydroxyl groups is 1. The molecule has 2 aromatic carbocycles. The highest BCUT2D eigenvalue weighted by Crippen LogP contribution is 2.26. The Hall–Kier alpha value is -2.57. The minimum absolute atomic E-state index is 0.0114. The maximum Gasteiger partial charge on any atom is 0.342 e. The highest BCUT2D eigenvalue weighted by molar-refractivity contribution is 7.13. The quantitative estimate of drug-likeness (QED) is 0.663. The molecule has 0 saturated heterocycles. The first-order valence-corrected chi connectivity index (χ1v) is 8.57. The summed E-state index contributed by atoms with van der Waals surface area (Å²) in [6.45, 7) is 0.0114. The molecule has 1 aromatic heterocycles. The van der Waals surface area contributed by atoms with E-state index in [9.17, 15) is 9.90 Å². The maximum atomic E-state index is 12.1. The zero-order chi connectivity index (χ0) is 17.8. The van der Waals surface area contributed by atoms with Gasteiger partial charge < -0.3 is 14.6 Å². The summed E-state index contributed by atoms with van der Waals surface area (Å²) in [4.78, 5) is 16.5. The van der Waals surface area contributed by atoms with Gasteiger partial charge in [-0.1, -0.05) is 11.6 Å². The molecule has 0 amide bonds. The van der Waals surface area contributed by atoms with Crippen molar-refractivity contribution in [3.05, 3.63) is 64.1 Å². The van der Waals surface area contributed by atoms with Crippen molar-refractivity contribution in [1.82, 2.24) is 4.98 Å². The van der Waals surface area contributed by atoms with Crippen LogP contribution >= 0.6 is 22.9 Å². The minimum Gasteiger partial charge on any atom is -0.507 e. The maximum absolute atomic E-state index is 12.1. The molecule has 0 saturated carbocycles. The second-order valence-corrected chi connectivity index (χ2v) is 6.40. The Balaban J connectivity index is 1.67. The second kappa shape index (κ2) is 7.55. The number of phenols is 1. The highest BCUT2D eigenvalue weighted by atomic mass is 35.5. The van der Waals surface area contributed by atoms with Crippen LogP contribution in [0.2, 0.25) is 5.02 Å². The highest BCUT2D eigenvalue weighted by Gasteiger charge is 2.14. The van der Waals surface area contributed by atoms with Gasteiger partial charge in [0.25, 0.3) is 0 Å². The van der Waals surface area contributed by atoms with Gasteiger partial charge in [-0.2, -0.15) is 0 Å². The van der Waals surface area contributed by atoms with Crippen molar-refractivity contribution in [3.63, 3.8) is 0 Å². The summed E-state index contributed by atoms with van der Waals surface area (Å²) in [5, 5.41) is 12.7. The van der Waals surface area contributed by atoms with Crippen LogP contribution in [0.3, 0.4) is 0 Å². The predicted molar refractivity (Wildman–Crippen MR) is 96.3 cm³/mol. The number of methoxy groups -OCH3 is 1. The van der Waals surface area contributed by atoms with Gasteiger partial charge in [-0.05, 0) is 42.5 Å². The molecule has 0 aliphatic carbocycles. The number of esters is 1. The van der Waals surface area contributed by atoms with Crippen molar-refractivity contribution >= 4 is 28.9 Å². The van der Waals surface area contributed by atoms with Gasteiger partial charge in [0.05, 0.1) is 12.8 Å². The Bertz CT molecular complexity index is 892. The molecular formula is C18H14ClNO4S. The molecule has 3 rings (SSSR count). The van der Waals surface area contributed by atoms with E-state index in [1.165, 1.54) is 29.5 Å². The summed E-state index contributed by atoms with van der Waals surface area (Å²) in [7, 11) is 1.61. The van der Waals surface area contributed by atoms with E-state index < -0.39 is 5.97 Å². The van der Waals surface area contributed by atoms with E-state index in [0.717, 1.165) is 16.3 Å². The van der Waals surface area contributed by atoms with E-state index in [0.29, 0.717) is 10.7 Å². The number of halogens is 1. The van der Waals surface area contributed by atoms with Gasteiger partial charge in [0.15, 0.2) is 0 Å². The van der Waals surface area contributed by atoms with Gasteiger partial charge in [0, 0.05) is 16.0 Å². The van der Waals surface area contributed by atoms with E-state index in [1.807, 2.05) is 29.6 Å². The summed E-state index contributed by atoms with van der Waals surface area (Å²) in [6, 6.07) is 11.8. The molecule has 0 aliphatic heterocycles. The largest absolute Gasteiger partial charge is 0.507 e. The molecule has 0 unspecified atom stereocenters. The number of rotatable bonds is 5. The van der Waals surface area contributed by atoms with Gasteiger partial charge in [-0.3, -0.25) is 0 Å². The molecule has 3 aromatic rings. The molecule has 5 nitrogen and oxygen atoms in total. The van der Waals surface area contributed by atoms with Gasteiger partial charge in [-0.25, -0.2) is 9.78 Å². The van der Waals surface area contributed by atoms with Crippen LogP contribution < -0.4 is 4.74 Å². The molecule has 0 radical (unpaired) electrons. The summed E-state index contributed by atoms with van der Waals surface area (Å²) < 4.78 is 10.3. The van der Waals surface area contributed by atoms with Crippen LogP contribution in [-0.2, 0) is 11.3 Å².